The molecule has 4 heterocycles. The van der Waals surface area contributed by atoms with Gasteiger partial charge in [0, 0.05) is 80.0 Å². The number of piperidine rings is 1. The minimum atomic E-state index is -3.30. The number of rotatable bonds is 10. The third-order valence-corrected chi connectivity index (χ3v) is 10.1. The van der Waals surface area contributed by atoms with E-state index in [0.717, 1.165) is 104 Å². The second kappa shape index (κ2) is 12.3. The lowest BCUT2D eigenvalue weighted by atomic mass is 9.99. The van der Waals surface area contributed by atoms with Crippen molar-refractivity contribution in [1.29, 1.82) is 0 Å². The van der Waals surface area contributed by atoms with Gasteiger partial charge in [0.2, 0.25) is 15.9 Å². The Morgan fingerprint density at radius 3 is 2.56 bits per heavy atom. The third-order valence-electron chi connectivity index (χ3n) is 8.49. The molecule has 11 heteroatoms. The van der Waals surface area contributed by atoms with Crippen LogP contribution in [0.15, 0.2) is 18.2 Å². The highest BCUT2D eigenvalue weighted by molar-refractivity contribution is 7.88. The second-order valence-electron chi connectivity index (χ2n) is 11.2. The highest BCUT2D eigenvalue weighted by Crippen LogP contribution is 2.33. The molecule has 5 rings (SSSR count). The van der Waals surface area contributed by atoms with E-state index < -0.39 is 10.0 Å². The lowest BCUT2D eigenvalue weighted by Gasteiger charge is -2.36. The molecule has 2 N–H and O–H groups in total. The Bertz CT molecular complexity index is 1290. The quantitative estimate of drug-likeness (QED) is 0.466. The summed E-state index contributed by atoms with van der Waals surface area (Å²) in [5, 5.41) is 5.77. The van der Waals surface area contributed by atoms with Crippen LogP contribution < -0.4 is 5.73 Å². The second-order valence-corrected chi connectivity index (χ2v) is 13.5. The number of nitrogens with two attached hydrogens (primary N) is 1. The molecule has 1 aromatic carbocycles. The summed E-state index contributed by atoms with van der Waals surface area (Å²) < 4.78 is 28.4. The van der Waals surface area contributed by atoms with Crippen LogP contribution in [0.25, 0.3) is 11.3 Å². The predicted molar refractivity (Wildman–Crippen MR) is 154 cm³/mol. The first-order valence-corrected chi connectivity index (χ1v) is 16.5. The van der Waals surface area contributed by atoms with Crippen LogP contribution in [0.5, 0.6) is 0 Å². The molecule has 1 amide bonds. The van der Waals surface area contributed by atoms with Crippen LogP contribution in [0.1, 0.15) is 55.3 Å². The van der Waals surface area contributed by atoms with Crippen LogP contribution in [-0.4, -0.2) is 89.8 Å². The fraction of sp³-hybridized carbons (Fsp3) is 0.643. The number of nitrogens with zero attached hydrogens (tertiary/aromatic N) is 5. The van der Waals surface area contributed by atoms with E-state index in [2.05, 4.69) is 20.5 Å². The molecule has 2 fully saturated rings. The average Bonchev–Trinajstić information content (AvgIpc) is 3.51. The molecule has 0 aliphatic carbocycles. The zero-order chi connectivity index (χ0) is 27.6. The van der Waals surface area contributed by atoms with Gasteiger partial charge in [0.25, 0.3) is 0 Å². The molecule has 0 bridgehead atoms. The van der Waals surface area contributed by atoms with Crippen molar-refractivity contribution < 1.29 is 13.2 Å². The molecule has 214 valence electrons. The molecule has 1 aromatic heterocycles. The first kappa shape index (κ1) is 28.5. The fourth-order valence-corrected chi connectivity index (χ4v) is 7.32. The molecule has 3 aliphatic heterocycles. The highest BCUT2D eigenvalue weighted by Gasteiger charge is 2.32. The van der Waals surface area contributed by atoms with Crippen LogP contribution in [-0.2, 0) is 40.7 Å². The number of carbonyl (C=O) groups is 1. The van der Waals surface area contributed by atoms with E-state index in [1.165, 1.54) is 6.26 Å². The number of amides is 1. The van der Waals surface area contributed by atoms with Gasteiger partial charge in [-0.1, -0.05) is 17.7 Å². The van der Waals surface area contributed by atoms with Crippen LogP contribution in [0.4, 0.5) is 0 Å². The molecule has 2 saturated heterocycles. The van der Waals surface area contributed by atoms with Crippen molar-refractivity contribution in [2.45, 2.75) is 70.5 Å². The van der Waals surface area contributed by atoms with Gasteiger partial charge in [-0.05, 0) is 69.3 Å². The fourth-order valence-electron chi connectivity index (χ4n) is 6.33. The van der Waals surface area contributed by atoms with Gasteiger partial charge in [-0.3, -0.25) is 9.48 Å². The Morgan fingerprint density at radius 1 is 1.08 bits per heavy atom. The number of aromatic nitrogens is 2. The summed E-state index contributed by atoms with van der Waals surface area (Å²) in [6.07, 6.45) is 8.36. The van der Waals surface area contributed by atoms with Gasteiger partial charge in [0.15, 0.2) is 0 Å². The van der Waals surface area contributed by atoms with Gasteiger partial charge in [0.1, 0.15) is 0 Å². The minimum Gasteiger partial charge on any atom is -0.340 e. The van der Waals surface area contributed by atoms with E-state index in [4.69, 9.17) is 22.4 Å². The maximum Gasteiger partial charge on any atom is 0.222 e. The molecule has 0 unspecified atom stereocenters. The van der Waals surface area contributed by atoms with Crippen molar-refractivity contribution in [3.63, 3.8) is 0 Å². The number of fused-ring (bicyclic) bond motifs is 1. The van der Waals surface area contributed by atoms with Crippen LogP contribution in [0.3, 0.4) is 0 Å². The summed E-state index contributed by atoms with van der Waals surface area (Å²) >= 11 is 6.47. The highest BCUT2D eigenvalue weighted by atomic mass is 35.5. The number of hydrogen-bond donors (Lipinski definition) is 1. The number of benzene rings is 1. The molecule has 0 spiro atoms. The van der Waals surface area contributed by atoms with Crippen molar-refractivity contribution in [3.8, 4) is 11.3 Å². The lowest BCUT2D eigenvalue weighted by molar-refractivity contribution is -0.130. The summed E-state index contributed by atoms with van der Waals surface area (Å²) in [5.74, 6) is 0.328. The standard InChI is InChI=1S/C28H41ClN6O3S/c1-39(37,38)33-18-11-26-24(20-33)28(22-7-8-25(29)21(19-22)5-2-12-30)31-35(26)15-4-13-32-16-9-23(10-17-32)34-14-3-6-27(34)36/h7-8,19,23H,2-6,9-18,20,30H2,1H3. The zero-order valence-corrected chi connectivity index (χ0v) is 24.5. The van der Waals surface area contributed by atoms with Crippen LogP contribution in [0, 0.1) is 0 Å². The Hall–Kier alpha value is -1.98. The summed E-state index contributed by atoms with van der Waals surface area (Å²) in [5.41, 5.74) is 10.7. The summed E-state index contributed by atoms with van der Waals surface area (Å²) in [7, 11) is -3.30. The Morgan fingerprint density at radius 2 is 1.87 bits per heavy atom. The van der Waals surface area contributed by atoms with Gasteiger partial charge in [0.05, 0.1) is 11.9 Å². The lowest BCUT2D eigenvalue weighted by Crippen LogP contribution is -2.45. The van der Waals surface area contributed by atoms with Gasteiger partial charge >= 0.3 is 0 Å². The maximum atomic E-state index is 12.4. The number of aryl methyl sites for hydroxylation is 2. The molecule has 2 aromatic rings. The summed E-state index contributed by atoms with van der Waals surface area (Å²) in [6, 6.07) is 6.38. The number of carbonyl (C=O) groups excluding carboxylic acids is 1. The predicted octanol–water partition coefficient (Wildman–Crippen LogP) is 2.89. The first-order chi connectivity index (χ1) is 18.7. The smallest absolute Gasteiger partial charge is 0.222 e. The van der Waals surface area contributed by atoms with E-state index in [1.54, 1.807) is 4.31 Å². The SMILES string of the molecule is CS(=O)(=O)N1CCc2c(c(-c3ccc(Cl)c(CCCN)c3)nn2CCCN2CCC(N3CCCC3=O)CC2)C1. The summed E-state index contributed by atoms with van der Waals surface area (Å²) in [6.45, 7) is 6.17. The van der Waals surface area contributed by atoms with E-state index in [0.29, 0.717) is 44.4 Å². The van der Waals surface area contributed by atoms with Crippen molar-refractivity contribution >= 4 is 27.5 Å². The van der Waals surface area contributed by atoms with E-state index in [1.807, 2.05) is 12.1 Å². The molecule has 0 atom stereocenters. The van der Waals surface area contributed by atoms with Crippen molar-refractivity contribution in [2.75, 3.05) is 45.5 Å². The van der Waals surface area contributed by atoms with E-state index in [-0.39, 0.29) is 0 Å². The first-order valence-electron chi connectivity index (χ1n) is 14.3. The maximum absolute atomic E-state index is 12.4. The number of sulfonamides is 1. The minimum absolute atomic E-state index is 0.328. The topological polar surface area (TPSA) is 105 Å². The molecule has 39 heavy (non-hydrogen) atoms. The molecule has 3 aliphatic rings. The van der Waals surface area contributed by atoms with Crippen molar-refractivity contribution in [2.24, 2.45) is 5.73 Å². The molecule has 0 saturated carbocycles. The largest absolute Gasteiger partial charge is 0.340 e. The van der Waals surface area contributed by atoms with Crippen molar-refractivity contribution in [3.05, 3.63) is 40.0 Å². The van der Waals surface area contributed by atoms with E-state index in [9.17, 15) is 13.2 Å². The monoisotopic (exact) mass is 576 g/mol. The molecular weight excluding hydrogens is 536 g/mol. The average molecular weight is 577 g/mol. The molecular formula is C28H41ClN6O3S. The van der Waals surface area contributed by atoms with Gasteiger partial charge in [-0.15, -0.1) is 0 Å². The molecule has 9 nitrogen and oxygen atoms in total. The number of likely N-dealkylation sites (tertiary alicyclic amines) is 2. The van der Waals surface area contributed by atoms with Crippen LogP contribution in [0.2, 0.25) is 5.02 Å². The van der Waals surface area contributed by atoms with Crippen LogP contribution >= 0.6 is 11.6 Å². The van der Waals surface area contributed by atoms with Gasteiger partial charge in [-0.2, -0.15) is 9.40 Å². The van der Waals surface area contributed by atoms with Crippen molar-refractivity contribution in [1.82, 2.24) is 23.9 Å². The Labute approximate surface area is 237 Å². The Balaban J connectivity index is 1.29. The zero-order valence-electron chi connectivity index (χ0n) is 22.9. The summed E-state index contributed by atoms with van der Waals surface area (Å²) in [4.78, 5) is 16.7. The molecule has 0 radical (unpaired) electrons. The normalized spacial score (nSPS) is 19.7. The van der Waals surface area contributed by atoms with E-state index >= 15 is 0 Å². The number of hydrogen-bond acceptors (Lipinski definition) is 6. The Kier molecular flexibility index (Phi) is 8.98. The third kappa shape index (κ3) is 6.51. The number of halogens is 1. The van der Waals surface area contributed by atoms with Gasteiger partial charge in [-0.25, -0.2) is 8.42 Å². The van der Waals surface area contributed by atoms with Gasteiger partial charge < -0.3 is 15.5 Å².